The summed E-state index contributed by atoms with van der Waals surface area (Å²) < 4.78 is 7.10. The Hall–Kier alpha value is 0.690. The van der Waals surface area contributed by atoms with Gasteiger partial charge in [-0.25, -0.2) is 0 Å². The number of hydrogen-bond donors (Lipinski definition) is 0. The van der Waals surface area contributed by atoms with Gasteiger partial charge in [-0.05, 0) is 37.0 Å². The zero-order valence-corrected chi connectivity index (χ0v) is 12.0. The van der Waals surface area contributed by atoms with Gasteiger partial charge in [-0.2, -0.15) is 0 Å². The van der Waals surface area contributed by atoms with Gasteiger partial charge in [0.15, 0.2) is 0 Å². The second kappa shape index (κ2) is 5.35. The van der Waals surface area contributed by atoms with Crippen molar-refractivity contribution >= 4 is 22.6 Å². The molecule has 1 saturated heterocycles. The van der Waals surface area contributed by atoms with E-state index in [4.69, 9.17) is 4.74 Å². The van der Waals surface area contributed by atoms with Crippen LogP contribution in [-0.4, -0.2) is 17.1 Å². The quantitative estimate of drug-likeness (QED) is 0.547. The average Bonchev–Trinajstić information content (AvgIpc) is 2.53. The Kier molecular flexibility index (Phi) is 4.33. The van der Waals surface area contributed by atoms with Gasteiger partial charge in [0.25, 0.3) is 0 Å². The third-order valence-electron chi connectivity index (χ3n) is 4.66. The summed E-state index contributed by atoms with van der Waals surface area (Å²) in [5.74, 6) is 1.000. The zero-order chi connectivity index (χ0) is 10.7. The Morgan fingerprint density at radius 2 is 2.13 bits per heavy atom. The van der Waals surface area contributed by atoms with Crippen LogP contribution in [0.5, 0.6) is 0 Å². The molecule has 3 unspecified atom stereocenters. The smallest absolute Gasteiger partial charge is 0.0721 e. The monoisotopic (exact) mass is 322 g/mol. The van der Waals surface area contributed by atoms with Crippen molar-refractivity contribution < 1.29 is 4.74 Å². The SMILES string of the molecule is CCC1CCCC2(CCOC2CI)CC1. The minimum Gasteiger partial charge on any atom is -0.377 e. The normalized spacial score (nSPS) is 42.0. The van der Waals surface area contributed by atoms with E-state index in [1.165, 1.54) is 49.4 Å². The molecule has 0 aromatic carbocycles. The maximum absolute atomic E-state index is 5.91. The standard InChI is InChI=1S/C13H23IO/c1-2-11-4-3-6-13(7-5-11)8-9-15-12(13)10-14/h11-12H,2-10H2,1H3. The fourth-order valence-corrected chi connectivity index (χ4v) is 4.62. The Labute approximate surface area is 107 Å². The van der Waals surface area contributed by atoms with Gasteiger partial charge in [0.1, 0.15) is 0 Å². The molecule has 2 fully saturated rings. The van der Waals surface area contributed by atoms with Gasteiger partial charge in [-0.15, -0.1) is 0 Å². The molecule has 0 radical (unpaired) electrons. The lowest BCUT2D eigenvalue weighted by Crippen LogP contribution is -2.31. The molecule has 0 N–H and O–H groups in total. The summed E-state index contributed by atoms with van der Waals surface area (Å²) in [5.41, 5.74) is 0.575. The molecular weight excluding hydrogens is 299 g/mol. The Morgan fingerprint density at radius 1 is 1.27 bits per heavy atom. The van der Waals surface area contributed by atoms with E-state index in [-0.39, 0.29) is 0 Å². The summed E-state index contributed by atoms with van der Waals surface area (Å²) in [6.07, 6.45) is 10.5. The molecule has 3 atom stereocenters. The van der Waals surface area contributed by atoms with Crippen molar-refractivity contribution in [3.05, 3.63) is 0 Å². The fourth-order valence-electron chi connectivity index (χ4n) is 3.43. The third-order valence-corrected chi connectivity index (χ3v) is 5.46. The third kappa shape index (κ3) is 2.51. The number of alkyl halides is 1. The lowest BCUT2D eigenvalue weighted by atomic mass is 9.75. The lowest BCUT2D eigenvalue weighted by Gasteiger charge is -2.32. The summed E-state index contributed by atoms with van der Waals surface area (Å²) >= 11 is 2.50. The Balaban J connectivity index is 2.02. The van der Waals surface area contributed by atoms with E-state index >= 15 is 0 Å². The van der Waals surface area contributed by atoms with E-state index in [0.29, 0.717) is 11.5 Å². The first kappa shape index (κ1) is 12.2. The predicted molar refractivity (Wildman–Crippen MR) is 72.5 cm³/mol. The van der Waals surface area contributed by atoms with Crippen molar-refractivity contribution in [1.82, 2.24) is 0 Å². The highest BCUT2D eigenvalue weighted by Gasteiger charge is 2.43. The zero-order valence-electron chi connectivity index (χ0n) is 9.80. The van der Waals surface area contributed by atoms with E-state index in [1.807, 2.05) is 0 Å². The molecule has 1 aliphatic heterocycles. The molecule has 88 valence electrons. The average molecular weight is 322 g/mol. The van der Waals surface area contributed by atoms with Gasteiger partial charge in [0.05, 0.1) is 6.10 Å². The maximum Gasteiger partial charge on any atom is 0.0721 e. The van der Waals surface area contributed by atoms with Gasteiger partial charge in [-0.3, -0.25) is 0 Å². The van der Waals surface area contributed by atoms with Crippen LogP contribution in [0, 0.1) is 11.3 Å². The topological polar surface area (TPSA) is 9.23 Å². The molecule has 1 heterocycles. The molecule has 2 aliphatic rings. The second-order valence-electron chi connectivity index (χ2n) is 5.33. The summed E-state index contributed by atoms with van der Waals surface area (Å²) in [4.78, 5) is 0. The molecule has 0 aromatic rings. The maximum atomic E-state index is 5.91. The highest BCUT2D eigenvalue weighted by atomic mass is 127. The molecule has 15 heavy (non-hydrogen) atoms. The van der Waals surface area contributed by atoms with Crippen LogP contribution in [0.25, 0.3) is 0 Å². The molecule has 2 heteroatoms. The summed E-state index contributed by atoms with van der Waals surface area (Å²) in [6.45, 7) is 3.37. The van der Waals surface area contributed by atoms with Gasteiger partial charge < -0.3 is 4.74 Å². The number of hydrogen-bond acceptors (Lipinski definition) is 1. The van der Waals surface area contributed by atoms with Gasteiger partial charge in [0.2, 0.25) is 0 Å². The van der Waals surface area contributed by atoms with Crippen LogP contribution in [0.15, 0.2) is 0 Å². The summed E-state index contributed by atoms with van der Waals surface area (Å²) in [5, 5.41) is 0. The highest BCUT2D eigenvalue weighted by molar-refractivity contribution is 14.1. The van der Waals surface area contributed by atoms with Crippen molar-refractivity contribution in [1.29, 1.82) is 0 Å². The van der Waals surface area contributed by atoms with Crippen molar-refractivity contribution in [2.75, 3.05) is 11.0 Å². The van der Waals surface area contributed by atoms with E-state index in [1.54, 1.807) is 0 Å². The minimum absolute atomic E-state index is 0.564. The molecule has 1 nitrogen and oxygen atoms in total. The van der Waals surface area contributed by atoms with Crippen LogP contribution in [0.2, 0.25) is 0 Å². The van der Waals surface area contributed by atoms with E-state index < -0.39 is 0 Å². The summed E-state index contributed by atoms with van der Waals surface area (Å²) in [7, 11) is 0. The number of ether oxygens (including phenoxy) is 1. The van der Waals surface area contributed by atoms with Crippen molar-refractivity contribution in [2.45, 2.75) is 58.0 Å². The molecular formula is C13H23IO. The van der Waals surface area contributed by atoms with Crippen LogP contribution in [0.4, 0.5) is 0 Å². The van der Waals surface area contributed by atoms with Crippen molar-refractivity contribution in [2.24, 2.45) is 11.3 Å². The molecule has 0 amide bonds. The Morgan fingerprint density at radius 3 is 2.87 bits per heavy atom. The van der Waals surface area contributed by atoms with E-state index in [2.05, 4.69) is 29.5 Å². The van der Waals surface area contributed by atoms with Crippen LogP contribution in [0.1, 0.15) is 51.9 Å². The van der Waals surface area contributed by atoms with Crippen LogP contribution >= 0.6 is 22.6 Å². The first-order chi connectivity index (χ1) is 7.30. The van der Waals surface area contributed by atoms with E-state index in [0.717, 1.165) is 12.5 Å². The van der Waals surface area contributed by atoms with Crippen LogP contribution in [-0.2, 0) is 4.74 Å². The largest absolute Gasteiger partial charge is 0.377 e. The summed E-state index contributed by atoms with van der Waals surface area (Å²) in [6, 6.07) is 0. The minimum atomic E-state index is 0.564. The molecule has 1 saturated carbocycles. The van der Waals surface area contributed by atoms with Crippen molar-refractivity contribution in [3.63, 3.8) is 0 Å². The van der Waals surface area contributed by atoms with Gasteiger partial charge in [-0.1, -0.05) is 48.8 Å². The molecule has 1 spiro atoms. The first-order valence-electron chi connectivity index (χ1n) is 6.48. The number of halogens is 1. The lowest BCUT2D eigenvalue weighted by molar-refractivity contribution is 0.0605. The molecule has 1 aliphatic carbocycles. The van der Waals surface area contributed by atoms with Gasteiger partial charge in [0, 0.05) is 11.0 Å². The Bertz CT molecular complexity index is 207. The first-order valence-corrected chi connectivity index (χ1v) is 8.01. The second-order valence-corrected chi connectivity index (χ2v) is 6.21. The highest BCUT2D eigenvalue weighted by Crippen LogP contribution is 2.47. The molecule has 0 bridgehead atoms. The predicted octanol–water partition coefficient (Wildman–Crippen LogP) is 4.19. The molecule has 0 aromatic heterocycles. The molecule has 2 rings (SSSR count). The van der Waals surface area contributed by atoms with Crippen LogP contribution in [0.3, 0.4) is 0 Å². The van der Waals surface area contributed by atoms with Crippen LogP contribution < -0.4 is 0 Å². The van der Waals surface area contributed by atoms with Gasteiger partial charge >= 0.3 is 0 Å². The van der Waals surface area contributed by atoms with E-state index in [9.17, 15) is 0 Å². The fraction of sp³-hybridized carbons (Fsp3) is 1.00. The van der Waals surface area contributed by atoms with Crippen molar-refractivity contribution in [3.8, 4) is 0 Å². The number of rotatable bonds is 2.